The van der Waals surface area contributed by atoms with Gasteiger partial charge in [0.1, 0.15) is 0 Å². The highest BCUT2D eigenvalue weighted by Gasteiger charge is 2.33. The molecule has 0 saturated heterocycles. The van der Waals surface area contributed by atoms with Gasteiger partial charge in [-0.1, -0.05) is 12.1 Å². The number of hydrogen-bond donors (Lipinski definition) is 1. The van der Waals surface area contributed by atoms with Gasteiger partial charge in [-0.05, 0) is 49.9 Å². The highest BCUT2D eigenvalue weighted by atomic mass is 32.2. The third kappa shape index (κ3) is 1.87. The van der Waals surface area contributed by atoms with Crippen LogP contribution < -0.4 is 5.73 Å². The normalized spacial score (nSPS) is 22.0. The Morgan fingerprint density at radius 2 is 2.19 bits per heavy atom. The molecule has 1 unspecified atom stereocenters. The molecule has 1 aliphatic rings. The Kier molecular flexibility index (Phi) is 3.04. The van der Waals surface area contributed by atoms with Gasteiger partial charge >= 0.3 is 0 Å². The largest absolute Gasteiger partial charge is 0.330 e. The van der Waals surface area contributed by atoms with Crippen LogP contribution in [0.3, 0.4) is 0 Å². The van der Waals surface area contributed by atoms with E-state index in [9.17, 15) is 8.42 Å². The summed E-state index contributed by atoms with van der Waals surface area (Å²) in [5.74, 6) is 0. The van der Waals surface area contributed by atoms with Crippen LogP contribution in [0.15, 0.2) is 23.1 Å². The average molecular weight is 239 g/mol. The fourth-order valence-corrected chi connectivity index (χ4v) is 3.77. The molecule has 0 amide bonds. The summed E-state index contributed by atoms with van der Waals surface area (Å²) in [7, 11) is -3.05. The Morgan fingerprint density at radius 3 is 2.88 bits per heavy atom. The van der Waals surface area contributed by atoms with E-state index in [0.29, 0.717) is 17.9 Å². The van der Waals surface area contributed by atoms with E-state index < -0.39 is 9.84 Å². The van der Waals surface area contributed by atoms with Gasteiger partial charge in [0, 0.05) is 0 Å². The summed E-state index contributed by atoms with van der Waals surface area (Å²) in [6.07, 6.45) is 2.52. The van der Waals surface area contributed by atoms with Crippen molar-refractivity contribution in [3.8, 4) is 0 Å². The Labute approximate surface area is 96.6 Å². The lowest BCUT2D eigenvalue weighted by molar-refractivity contribution is 0.590. The van der Waals surface area contributed by atoms with Gasteiger partial charge in [-0.15, -0.1) is 0 Å². The highest BCUT2D eigenvalue weighted by molar-refractivity contribution is 7.92. The molecular formula is C12H17NO2S. The molecule has 0 spiro atoms. The van der Waals surface area contributed by atoms with Crippen molar-refractivity contribution in [1.29, 1.82) is 0 Å². The van der Waals surface area contributed by atoms with Crippen molar-refractivity contribution in [2.75, 3.05) is 6.54 Å². The minimum absolute atomic E-state index is 0.271. The first-order valence-electron chi connectivity index (χ1n) is 5.61. The lowest BCUT2D eigenvalue weighted by atomic mass is 10.0. The number of hydrogen-bond acceptors (Lipinski definition) is 3. The number of aryl methyl sites for hydroxylation is 1. The van der Waals surface area contributed by atoms with Gasteiger partial charge in [-0.3, -0.25) is 0 Å². The molecule has 0 bridgehead atoms. The van der Waals surface area contributed by atoms with Crippen molar-refractivity contribution in [2.24, 2.45) is 5.73 Å². The molecule has 1 aliphatic heterocycles. The molecule has 2 N–H and O–H groups in total. The van der Waals surface area contributed by atoms with E-state index in [0.717, 1.165) is 18.4 Å². The topological polar surface area (TPSA) is 60.2 Å². The molecule has 0 aliphatic carbocycles. The molecule has 1 aromatic carbocycles. The van der Waals surface area contributed by atoms with Crippen molar-refractivity contribution in [3.63, 3.8) is 0 Å². The van der Waals surface area contributed by atoms with Gasteiger partial charge in [0.05, 0.1) is 10.1 Å². The van der Waals surface area contributed by atoms with Crippen molar-refractivity contribution in [2.45, 2.75) is 36.3 Å². The van der Waals surface area contributed by atoms with Crippen LogP contribution in [0.5, 0.6) is 0 Å². The average Bonchev–Trinajstić information content (AvgIpc) is 2.47. The molecule has 16 heavy (non-hydrogen) atoms. The second-order valence-electron chi connectivity index (χ2n) is 4.39. The molecule has 0 aromatic heterocycles. The lowest BCUT2D eigenvalue weighted by Gasteiger charge is -2.03. The molecule has 88 valence electrons. The van der Waals surface area contributed by atoms with Crippen LogP contribution in [-0.2, 0) is 22.7 Å². The first kappa shape index (κ1) is 11.6. The summed E-state index contributed by atoms with van der Waals surface area (Å²) in [5, 5.41) is -0.271. The Morgan fingerprint density at radius 1 is 1.44 bits per heavy atom. The van der Waals surface area contributed by atoms with Gasteiger partial charge in [-0.2, -0.15) is 0 Å². The number of rotatable bonds is 3. The minimum Gasteiger partial charge on any atom is -0.330 e. The Bertz CT molecular complexity index is 494. The summed E-state index contributed by atoms with van der Waals surface area (Å²) in [6.45, 7) is 2.45. The molecule has 1 aromatic rings. The summed E-state index contributed by atoms with van der Waals surface area (Å²) >= 11 is 0. The van der Waals surface area contributed by atoms with Gasteiger partial charge < -0.3 is 5.73 Å². The highest BCUT2D eigenvalue weighted by Crippen LogP contribution is 2.31. The maximum absolute atomic E-state index is 11.9. The smallest absolute Gasteiger partial charge is 0.181 e. The molecule has 4 heteroatoms. The van der Waals surface area contributed by atoms with Gasteiger partial charge in [0.15, 0.2) is 9.84 Å². The lowest BCUT2D eigenvalue weighted by Crippen LogP contribution is -2.11. The van der Waals surface area contributed by atoms with E-state index in [-0.39, 0.29) is 5.25 Å². The van der Waals surface area contributed by atoms with Crippen molar-refractivity contribution >= 4 is 9.84 Å². The zero-order valence-electron chi connectivity index (χ0n) is 9.44. The van der Waals surface area contributed by atoms with Crippen LogP contribution in [0.4, 0.5) is 0 Å². The summed E-state index contributed by atoms with van der Waals surface area (Å²) in [4.78, 5) is 0.525. The molecule has 0 radical (unpaired) electrons. The van der Waals surface area contributed by atoms with E-state index in [1.54, 1.807) is 13.0 Å². The molecule has 3 nitrogen and oxygen atoms in total. The Hall–Kier alpha value is -0.870. The van der Waals surface area contributed by atoms with Gasteiger partial charge in [0.2, 0.25) is 0 Å². The predicted molar refractivity (Wildman–Crippen MR) is 64.2 cm³/mol. The molecule has 1 heterocycles. The first-order valence-corrected chi connectivity index (χ1v) is 7.16. The fraction of sp³-hybridized carbons (Fsp3) is 0.500. The van der Waals surface area contributed by atoms with Crippen LogP contribution in [0, 0.1) is 0 Å². The predicted octanol–water partition coefficient (Wildman–Crippen LogP) is 1.30. The zero-order valence-corrected chi connectivity index (χ0v) is 10.3. The number of benzene rings is 1. The third-order valence-electron chi connectivity index (χ3n) is 3.14. The number of sulfone groups is 1. The van der Waals surface area contributed by atoms with E-state index in [1.165, 1.54) is 5.56 Å². The van der Waals surface area contributed by atoms with Gasteiger partial charge in [-0.25, -0.2) is 8.42 Å². The van der Waals surface area contributed by atoms with Crippen molar-refractivity contribution in [3.05, 3.63) is 29.3 Å². The van der Waals surface area contributed by atoms with Crippen LogP contribution in [0.25, 0.3) is 0 Å². The summed E-state index contributed by atoms with van der Waals surface area (Å²) in [5.41, 5.74) is 7.62. The minimum atomic E-state index is -3.05. The number of fused-ring (bicyclic) bond motifs is 1. The van der Waals surface area contributed by atoms with Crippen LogP contribution in [0.2, 0.25) is 0 Å². The fourth-order valence-electron chi connectivity index (χ4n) is 2.17. The van der Waals surface area contributed by atoms with Crippen molar-refractivity contribution in [1.82, 2.24) is 0 Å². The monoisotopic (exact) mass is 239 g/mol. The number of nitrogens with two attached hydrogens (primary N) is 1. The zero-order chi connectivity index (χ0) is 11.8. The molecule has 2 rings (SSSR count). The molecular weight excluding hydrogens is 222 g/mol. The van der Waals surface area contributed by atoms with E-state index >= 15 is 0 Å². The van der Waals surface area contributed by atoms with Crippen molar-refractivity contribution < 1.29 is 8.42 Å². The SMILES string of the molecule is CC1Cc2cc(CCCN)ccc2S1(=O)=O. The van der Waals surface area contributed by atoms with Crippen LogP contribution in [0.1, 0.15) is 24.5 Å². The van der Waals surface area contributed by atoms with E-state index in [2.05, 4.69) is 0 Å². The van der Waals surface area contributed by atoms with Crippen LogP contribution >= 0.6 is 0 Å². The van der Waals surface area contributed by atoms with Gasteiger partial charge in [0.25, 0.3) is 0 Å². The van der Waals surface area contributed by atoms with E-state index in [1.807, 2.05) is 12.1 Å². The maximum atomic E-state index is 11.9. The first-order chi connectivity index (χ1) is 7.55. The summed E-state index contributed by atoms with van der Waals surface area (Å²) < 4.78 is 23.8. The standard InChI is InChI=1S/C12H17NO2S/c1-9-7-11-8-10(3-2-6-13)4-5-12(11)16(9,14)15/h4-5,8-9H,2-3,6-7,13H2,1H3. The van der Waals surface area contributed by atoms with Crippen LogP contribution in [-0.4, -0.2) is 20.2 Å². The summed E-state index contributed by atoms with van der Waals surface area (Å²) in [6, 6.07) is 5.68. The second kappa shape index (κ2) is 4.18. The molecule has 0 saturated carbocycles. The Balaban J connectivity index is 2.33. The van der Waals surface area contributed by atoms with E-state index in [4.69, 9.17) is 5.73 Å². The maximum Gasteiger partial charge on any atom is 0.181 e. The second-order valence-corrected chi connectivity index (χ2v) is 6.73. The quantitative estimate of drug-likeness (QED) is 0.864. The molecule has 1 atom stereocenters. The molecule has 0 fully saturated rings. The third-order valence-corrected chi connectivity index (χ3v) is 5.38.